The molecule has 0 spiro atoms. The van der Waals surface area contributed by atoms with Crippen LogP contribution in [0.5, 0.6) is 0 Å². The van der Waals surface area contributed by atoms with E-state index in [9.17, 15) is 9.59 Å². The number of carbonyl (C=O) groups excluding carboxylic acids is 2. The third kappa shape index (κ3) is 2.44. The molecule has 2 amide bonds. The van der Waals surface area contributed by atoms with Gasteiger partial charge in [-0.1, -0.05) is 18.5 Å². The highest BCUT2D eigenvalue weighted by Crippen LogP contribution is 2.34. The highest BCUT2D eigenvalue weighted by molar-refractivity contribution is 7.16. The largest absolute Gasteiger partial charge is 0.340 e. The van der Waals surface area contributed by atoms with Crippen LogP contribution in [0.3, 0.4) is 0 Å². The van der Waals surface area contributed by atoms with Gasteiger partial charge in [0.1, 0.15) is 11.6 Å². The molecule has 2 rings (SSSR count). The zero-order valence-electron chi connectivity index (χ0n) is 12.1. The van der Waals surface area contributed by atoms with Crippen molar-refractivity contribution in [3.8, 4) is 0 Å². The van der Waals surface area contributed by atoms with E-state index in [0.717, 1.165) is 4.88 Å². The molecule has 1 fully saturated rings. The standard InChI is InChI=1S/C14H19ClN2O2S/c1-5-14(4)13(19)17(9(3)12(18)16-14)8(2)10-6-7-11(15)20-10/h6-9H,5H2,1-4H3,(H,16,18). The van der Waals surface area contributed by atoms with Crippen molar-refractivity contribution < 1.29 is 9.59 Å². The maximum Gasteiger partial charge on any atom is 0.249 e. The van der Waals surface area contributed by atoms with E-state index in [2.05, 4.69) is 5.32 Å². The van der Waals surface area contributed by atoms with Gasteiger partial charge in [0.05, 0.1) is 10.4 Å². The molecule has 20 heavy (non-hydrogen) atoms. The molecule has 1 aliphatic heterocycles. The van der Waals surface area contributed by atoms with Gasteiger partial charge in [-0.25, -0.2) is 0 Å². The van der Waals surface area contributed by atoms with Gasteiger partial charge in [0, 0.05) is 4.88 Å². The van der Waals surface area contributed by atoms with Crippen LogP contribution in [-0.2, 0) is 9.59 Å². The summed E-state index contributed by atoms with van der Waals surface area (Å²) in [5, 5.41) is 2.83. The lowest BCUT2D eigenvalue weighted by Gasteiger charge is -2.45. The highest BCUT2D eigenvalue weighted by Gasteiger charge is 2.47. The minimum Gasteiger partial charge on any atom is -0.340 e. The average molecular weight is 315 g/mol. The summed E-state index contributed by atoms with van der Waals surface area (Å²) in [6, 6.07) is 3.09. The fraction of sp³-hybridized carbons (Fsp3) is 0.571. The molecule has 3 atom stereocenters. The van der Waals surface area contributed by atoms with Gasteiger partial charge >= 0.3 is 0 Å². The molecule has 1 aromatic rings. The second kappa shape index (κ2) is 5.37. The summed E-state index contributed by atoms with van der Waals surface area (Å²) in [5.74, 6) is -0.146. The quantitative estimate of drug-likeness (QED) is 0.932. The van der Waals surface area contributed by atoms with Gasteiger partial charge in [0.25, 0.3) is 0 Å². The molecule has 3 unspecified atom stereocenters. The summed E-state index contributed by atoms with van der Waals surface area (Å²) in [6.07, 6.45) is 0.568. The molecule has 0 aromatic carbocycles. The first-order valence-electron chi connectivity index (χ1n) is 6.70. The molecule has 0 aliphatic carbocycles. The first-order valence-corrected chi connectivity index (χ1v) is 7.89. The van der Waals surface area contributed by atoms with E-state index in [1.54, 1.807) is 18.7 Å². The van der Waals surface area contributed by atoms with Crippen LogP contribution in [0.15, 0.2) is 12.1 Å². The summed E-state index contributed by atoms with van der Waals surface area (Å²) < 4.78 is 0.687. The van der Waals surface area contributed by atoms with Crippen LogP contribution in [0.2, 0.25) is 4.34 Å². The molecule has 1 N–H and O–H groups in total. The minimum atomic E-state index is -0.821. The van der Waals surface area contributed by atoms with Crippen molar-refractivity contribution in [3.63, 3.8) is 0 Å². The predicted molar refractivity (Wildman–Crippen MR) is 80.9 cm³/mol. The Morgan fingerprint density at radius 1 is 1.50 bits per heavy atom. The SMILES string of the molecule is CCC1(C)NC(=O)C(C)N(C(C)c2ccc(Cl)s2)C1=O. The number of thiophene rings is 1. The van der Waals surface area contributed by atoms with Crippen LogP contribution in [0.1, 0.15) is 45.0 Å². The topological polar surface area (TPSA) is 49.4 Å². The molecule has 1 aromatic heterocycles. The number of hydrogen-bond acceptors (Lipinski definition) is 3. The van der Waals surface area contributed by atoms with Crippen LogP contribution in [-0.4, -0.2) is 28.3 Å². The van der Waals surface area contributed by atoms with Crippen molar-refractivity contribution in [2.45, 2.75) is 51.7 Å². The van der Waals surface area contributed by atoms with Gasteiger partial charge in [0.2, 0.25) is 11.8 Å². The molecule has 1 saturated heterocycles. The van der Waals surface area contributed by atoms with E-state index in [4.69, 9.17) is 11.6 Å². The van der Waals surface area contributed by atoms with Crippen molar-refractivity contribution in [2.75, 3.05) is 0 Å². The maximum absolute atomic E-state index is 12.7. The molecular weight excluding hydrogens is 296 g/mol. The number of halogens is 1. The number of rotatable bonds is 3. The van der Waals surface area contributed by atoms with Crippen molar-refractivity contribution in [1.82, 2.24) is 10.2 Å². The highest BCUT2D eigenvalue weighted by atomic mass is 35.5. The number of amides is 2. The summed E-state index contributed by atoms with van der Waals surface area (Å²) >= 11 is 7.41. The Morgan fingerprint density at radius 2 is 2.15 bits per heavy atom. The van der Waals surface area contributed by atoms with E-state index >= 15 is 0 Å². The van der Waals surface area contributed by atoms with Crippen molar-refractivity contribution in [3.05, 3.63) is 21.3 Å². The smallest absolute Gasteiger partial charge is 0.249 e. The van der Waals surface area contributed by atoms with Crippen LogP contribution >= 0.6 is 22.9 Å². The molecular formula is C14H19ClN2O2S. The second-order valence-corrected chi connectivity index (χ2v) is 7.13. The fourth-order valence-electron chi connectivity index (χ4n) is 2.46. The Labute approximate surface area is 128 Å². The van der Waals surface area contributed by atoms with Crippen LogP contribution in [0.25, 0.3) is 0 Å². The second-order valence-electron chi connectivity index (χ2n) is 5.38. The van der Waals surface area contributed by atoms with Crippen LogP contribution in [0, 0.1) is 0 Å². The zero-order valence-corrected chi connectivity index (χ0v) is 13.6. The number of piperazine rings is 1. The first-order chi connectivity index (χ1) is 9.30. The monoisotopic (exact) mass is 314 g/mol. The van der Waals surface area contributed by atoms with Crippen LogP contribution in [0.4, 0.5) is 0 Å². The Morgan fingerprint density at radius 3 is 2.65 bits per heavy atom. The van der Waals surface area contributed by atoms with Gasteiger partial charge in [-0.2, -0.15) is 0 Å². The lowest BCUT2D eigenvalue weighted by Crippen LogP contribution is -2.68. The molecule has 1 aliphatic rings. The molecule has 0 bridgehead atoms. The number of nitrogens with one attached hydrogen (secondary N) is 1. The van der Waals surface area contributed by atoms with E-state index in [-0.39, 0.29) is 17.9 Å². The molecule has 6 heteroatoms. The van der Waals surface area contributed by atoms with Crippen molar-refractivity contribution in [1.29, 1.82) is 0 Å². The Bertz CT molecular complexity index is 545. The molecule has 110 valence electrons. The van der Waals surface area contributed by atoms with Gasteiger partial charge in [-0.3, -0.25) is 9.59 Å². The number of carbonyl (C=O) groups is 2. The van der Waals surface area contributed by atoms with Gasteiger partial charge in [-0.15, -0.1) is 11.3 Å². The average Bonchev–Trinajstić information content (AvgIpc) is 2.83. The third-order valence-electron chi connectivity index (χ3n) is 4.03. The summed E-state index contributed by atoms with van der Waals surface area (Å²) in [5.41, 5.74) is -0.821. The van der Waals surface area contributed by atoms with Gasteiger partial charge < -0.3 is 10.2 Å². The third-order valence-corrected chi connectivity index (χ3v) is 5.43. The number of hydrogen-bond donors (Lipinski definition) is 1. The maximum atomic E-state index is 12.7. The molecule has 2 heterocycles. The Kier molecular flexibility index (Phi) is 4.12. The summed E-state index contributed by atoms with van der Waals surface area (Å²) in [7, 11) is 0. The van der Waals surface area contributed by atoms with Crippen LogP contribution < -0.4 is 5.32 Å². The minimum absolute atomic E-state index is 0.0378. The summed E-state index contributed by atoms with van der Waals surface area (Å²) in [6.45, 7) is 7.37. The van der Waals surface area contributed by atoms with Gasteiger partial charge in [-0.05, 0) is 39.3 Å². The van der Waals surface area contributed by atoms with Gasteiger partial charge in [0.15, 0.2) is 0 Å². The normalized spacial score (nSPS) is 28.4. The van der Waals surface area contributed by atoms with E-state index < -0.39 is 11.6 Å². The molecule has 4 nitrogen and oxygen atoms in total. The van der Waals surface area contributed by atoms with Crippen molar-refractivity contribution >= 4 is 34.8 Å². The van der Waals surface area contributed by atoms with E-state index in [1.807, 2.05) is 26.0 Å². The first kappa shape index (κ1) is 15.3. The fourth-order valence-corrected chi connectivity index (χ4v) is 3.57. The zero-order chi connectivity index (χ0) is 15.1. The Balaban J connectivity index is 2.36. The van der Waals surface area contributed by atoms with Crippen molar-refractivity contribution in [2.24, 2.45) is 0 Å². The lowest BCUT2D eigenvalue weighted by molar-refractivity contribution is -0.156. The number of nitrogens with zero attached hydrogens (tertiary/aromatic N) is 1. The molecule has 0 radical (unpaired) electrons. The summed E-state index contributed by atoms with van der Waals surface area (Å²) in [4.78, 5) is 27.5. The molecule has 0 saturated carbocycles. The Hall–Kier alpha value is -1.07. The predicted octanol–water partition coefficient (Wildman–Crippen LogP) is 2.98. The lowest BCUT2D eigenvalue weighted by atomic mass is 9.91. The van der Waals surface area contributed by atoms with E-state index in [1.165, 1.54) is 11.3 Å². The van der Waals surface area contributed by atoms with E-state index in [0.29, 0.717) is 10.8 Å².